The Bertz CT molecular complexity index is 475. The van der Waals surface area contributed by atoms with Gasteiger partial charge in [0, 0.05) is 37.8 Å². The summed E-state index contributed by atoms with van der Waals surface area (Å²) in [6, 6.07) is 2.85. The van der Waals surface area contributed by atoms with E-state index < -0.39 is 5.82 Å². The van der Waals surface area contributed by atoms with Gasteiger partial charge < -0.3 is 5.32 Å². The fourth-order valence-electron chi connectivity index (χ4n) is 3.04. The molecule has 0 amide bonds. The largest absolute Gasteiger partial charge is 0.314 e. The average Bonchev–Trinajstić information content (AvgIpc) is 3.24. The molecule has 1 aliphatic carbocycles. The number of halogens is 4. The lowest BCUT2D eigenvalue weighted by molar-refractivity contribution is 0.149. The first-order chi connectivity index (χ1) is 9.18. The zero-order chi connectivity index (χ0) is 13.4. The molecule has 0 radical (unpaired) electrons. The van der Waals surface area contributed by atoms with Crippen LogP contribution >= 0.6 is 24.8 Å². The third-order valence-electron chi connectivity index (χ3n) is 4.23. The molecule has 120 valence electrons. The minimum absolute atomic E-state index is 0. The fraction of sp³-hybridized carbons (Fsp3) is 0.600. The molecule has 1 N–H and O–H groups in total. The van der Waals surface area contributed by atoms with Crippen molar-refractivity contribution in [1.82, 2.24) is 10.2 Å². The number of nitrogens with one attached hydrogen (secondary N) is 1. The molecule has 1 saturated carbocycles. The third-order valence-corrected chi connectivity index (χ3v) is 4.23. The second-order valence-electron chi connectivity index (χ2n) is 5.66. The number of nitrogens with zero attached hydrogens (tertiary/aromatic N) is 1. The molecule has 2 fully saturated rings. The Kier molecular flexibility index (Phi) is 6.85. The predicted octanol–water partition coefficient (Wildman–Crippen LogP) is 3.47. The van der Waals surface area contributed by atoms with E-state index in [1.807, 2.05) is 0 Å². The number of piperazine rings is 1. The van der Waals surface area contributed by atoms with Gasteiger partial charge in [-0.15, -0.1) is 24.8 Å². The van der Waals surface area contributed by atoms with E-state index in [4.69, 9.17) is 0 Å². The molecule has 1 aliphatic heterocycles. The summed E-state index contributed by atoms with van der Waals surface area (Å²) in [5.74, 6) is -0.321. The Labute approximate surface area is 137 Å². The summed E-state index contributed by atoms with van der Waals surface area (Å²) >= 11 is 0. The van der Waals surface area contributed by atoms with Gasteiger partial charge in [0.05, 0.1) is 0 Å². The van der Waals surface area contributed by atoms with Crippen LogP contribution in [0.15, 0.2) is 12.1 Å². The third kappa shape index (κ3) is 3.86. The van der Waals surface area contributed by atoms with E-state index >= 15 is 0 Å². The van der Waals surface area contributed by atoms with Crippen LogP contribution in [-0.2, 0) is 0 Å². The van der Waals surface area contributed by atoms with Gasteiger partial charge in [0.15, 0.2) is 0 Å². The van der Waals surface area contributed by atoms with Gasteiger partial charge in [0.1, 0.15) is 11.6 Å². The van der Waals surface area contributed by atoms with Crippen LogP contribution in [0, 0.1) is 24.5 Å². The molecule has 1 heterocycles. The molecule has 0 bridgehead atoms. The van der Waals surface area contributed by atoms with E-state index in [9.17, 15) is 8.78 Å². The maximum Gasteiger partial charge on any atom is 0.133 e. The number of hydrogen-bond donors (Lipinski definition) is 1. The van der Waals surface area contributed by atoms with E-state index in [1.54, 1.807) is 6.92 Å². The lowest BCUT2D eigenvalue weighted by atomic mass is 9.96. The van der Waals surface area contributed by atoms with Crippen LogP contribution in [0.1, 0.15) is 30.0 Å². The van der Waals surface area contributed by atoms with E-state index in [0.29, 0.717) is 17.0 Å². The fourth-order valence-corrected chi connectivity index (χ4v) is 3.04. The van der Waals surface area contributed by atoms with Crippen molar-refractivity contribution >= 4 is 24.8 Å². The first-order valence-electron chi connectivity index (χ1n) is 7.07. The van der Waals surface area contributed by atoms with E-state index in [2.05, 4.69) is 10.2 Å². The Balaban J connectivity index is 0.00000110. The van der Waals surface area contributed by atoms with Crippen molar-refractivity contribution in [2.75, 3.05) is 26.2 Å². The molecule has 2 aliphatic rings. The minimum atomic E-state index is -0.390. The normalized spacial score (nSPS) is 20.3. The predicted molar refractivity (Wildman–Crippen MR) is 85.5 cm³/mol. The maximum absolute atomic E-state index is 14.4. The summed E-state index contributed by atoms with van der Waals surface area (Å²) < 4.78 is 28.5. The number of rotatable bonds is 3. The van der Waals surface area contributed by atoms with Crippen molar-refractivity contribution in [1.29, 1.82) is 0 Å². The SMILES string of the molecule is Cc1ccc(F)c([C@H](C2CC2)N2CCNCC2)c1F.Cl.Cl. The molecule has 21 heavy (non-hydrogen) atoms. The summed E-state index contributed by atoms with van der Waals surface area (Å²) in [4.78, 5) is 2.25. The van der Waals surface area contributed by atoms with Gasteiger partial charge in [0.25, 0.3) is 0 Å². The van der Waals surface area contributed by atoms with Gasteiger partial charge in [-0.05, 0) is 37.3 Å². The molecule has 1 aromatic rings. The topological polar surface area (TPSA) is 15.3 Å². The Morgan fingerprint density at radius 1 is 1.14 bits per heavy atom. The molecule has 0 aromatic heterocycles. The van der Waals surface area contributed by atoms with Crippen molar-refractivity contribution in [3.63, 3.8) is 0 Å². The second-order valence-corrected chi connectivity index (χ2v) is 5.66. The van der Waals surface area contributed by atoms with Gasteiger partial charge in [-0.1, -0.05) is 6.07 Å². The highest BCUT2D eigenvalue weighted by Gasteiger charge is 2.39. The molecular weight excluding hydrogens is 317 g/mol. The Morgan fingerprint density at radius 2 is 1.76 bits per heavy atom. The summed E-state index contributed by atoms with van der Waals surface area (Å²) in [7, 11) is 0. The van der Waals surface area contributed by atoms with Gasteiger partial charge >= 0.3 is 0 Å². The molecule has 2 nitrogen and oxygen atoms in total. The van der Waals surface area contributed by atoms with E-state index in [-0.39, 0.29) is 36.7 Å². The summed E-state index contributed by atoms with van der Waals surface area (Å²) in [5.41, 5.74) is 0.835. The van der Waals surface area contributed by atoms with Crippen LogP contribution in [-0.4, -0.2) is 31.1 Å². The summed E-state index contributed by atoms with van der Waals surface area (Å²) in [6.45, 7) is 5.25. The van der Waals surface area contributed by atoms with Crippen LogP contribution in [0.25, 0.3) is 0 Å². The molecule has 0 spiro atoms. The van der Waals surface area contributed by atoms with Crippen molar-refractivity contribution in [3.05, 3.63) is 34.9 Å². The smallest absolute Gasteiger partial charge is 0.133 e. The van der Waals surface area contributed by atoms with Crippen molar-refractivity contribution < 1.29 is 8.78 Å². The number of aryl methyl sites for hydroxylation is 1. The Morgan fingerprint density at radius 3 is 2.33 bits per heavy atom. The zero-order valence-electron chi connectivity index (χ0n) is 12.1. The first-order valence-corrected chi connectivity index (χ1v) is 7.07. The van der Waals surface area contributed by atoms with Gasteiger partial charge in [-0.2, -0.15) is 0 Å². The van der Waals surface area contributed by atoms with Crippen LogP contribution in [0.5, 0.6) is 0 Å². The first kappa shape index (κ1) is 18.6. The van der Waals surface area contributed by atoms with Crippen LogP contribution in [0.3, 0.4) is 0 Å². The van der Waals surface area contributed by atoms with Crippen LogP contribution < -0.4 is 5.32 Å². The molecule has 3 rings (SSSR count). The maximum atomic E-state index is 14.4. The van der Waals surface area contributed by atoms with Crippen LogP contribution in [0.2, 0.25) is 0 Å². The van der Waals surface area contributed by atoms with Gasteiger partial charge in [-0.3, -0.25) is 4.90 Å². The van der Waals surface area contributed by atoms with Gasteiger partial charge in [-0.25, -0.2) is 8.78 Å². The highest BCUT2D eigenvalue weighted by atomic mass is 35.5. The van der Waals surface area contributed by atoms with Crippen molar-refractivity contribution in [3.8, 4) is 0 Å². The van der Waals surface area contributed by atoms with Gasteiger partial charge in [0.2, 0.25) is 0 Å². The second kappa shape index (κ2) is 7.73. The van der Waals surface area contributed by atoms with E-state index in [1.165, 1.54) is 12.1 Å². The lowest BCUT2D eigenvalue weighted by Gasteiger charge is -2.36. The van der Waals surface area contributed by atoms with Crippen molar-refractivity contribution in [2.45, 2.75) is 25.8 Å². The molecule has 1 aromatic carbocycles. The average molecular weight is 339 g/mol. The lowest BCUT2D eigenvalue weighted by Crippen LogP contribution is -2.46. The highest BCUT2D eigenvalue weighted by molar-refractivity contribution is 5.85. The van der Waals surface area contributed by atoms with E-state index in [0.717, 1.165) is 39.0 Å². The Hall–Kier alpha value is -0.420. The van der Waals surface area contributed by atoms with Crippen LogP contribution in [0.4, 0.5) is 8.78 Å². The molecule has 1 atom stereocenters. The van der Waals surface area contributed by atoms with Crippen molar-refractivity contribution in [2.24, 2.45) is 5.92 Å². The summed E-state index contributed by atoms with van der Waals surface area (Å²) in [6.07, 6.45) is 2.17. The quantitative estimate of drug-likeness (QED) is 0.907. The summed E-state index contributed by atoms with van der Waals surface area (Å²) in [5, 5.41) is 3.29. The highest BCUT2D eigenvalue weighted by Crippen LogP contribution is 2.46. The molecule has 1 saturated heterocycles. The monoisotopic (exact) mass is 338 g/mol. The molecule has 0 unspecified atom stereocenters. The molecular formula is C15H22Cl2F2N2. The number of hydrogen-bond acceptors (Lipinski definition) is 2. The number of benzene rings is 1. The zero-order valence-corrected chi connectivity index (χ0v) is 13.7. The standard InChI is InChI=1S/C15H20F2N2.2ClH/c1-10-2-5-12(16)13(14(10)17)15(11-3-4-11)19-8-6-18-7-9-19;;/h2,5,11,15,18H,3-4,6-9H2,1H3;2*1H/t15-;;/m0../s1. The molecule has 6 heteroatoms. The minimum Gasteiger partial charge on any atom is -0.314 e.